The summed E-state index contributed by atoms with van der Waals surface area (Å²) >= 11 is 0.788. The predicted octanol–water partition coefficient (Wildman–Crippen LogP) is 3.74. The summed E-state index contributed by atoms with van der Waals surface area (Å²) in [5.74, 6) is 0.104. The summed E-state index contributed by atoms with van der Waals surface area (Å²) in [4.78, 5) is 14.4. The molecule has 0 aromatic carbocycles. The number of nitrogens with one attached hydrogen (secondary N) is 1. The van der Waals surface area contributed by atoms with Crippen LogP contribution < -0.4 is 4.72 Å². The number of hydrogen-bond donors (Lipinski definition) is 1. The summed E-state index contributed by atoms with van der Waals surface area (Å²) in [5, 5.41) is 7.43. The van der Waals surface area contributed by atoms with Gasteiger partial charge in [-0.25, -0.2) is 21.9 Å². The van der Waals surface area contributed by atoms with Crippen LogP contribution in [0, 0.1) is 5.41 Å². The second kappa shape index (κ2) is 7.07. The monoisotopic (exact) mass is 521 g/mol. The van der Waals surface area contributed by atoms with E-state index in [1.165, 1.54) is 6.20 Å². The van der Waals surface area contributed by atoms with E-state index in [2.05, 4.69) is 14.9 Å². The van der Waals surface area contributed by atoms with E-state index < -0.39 is 22.0 Å². The van der Waals surface area contributed by atoms with Crippen molar-refractivity contribution in [2.75, 3.05) is 14.1 Å². The highest BCUT2D eigenvalue weighted by molar-refractivity contribution is 7.89. The van der Waals surface area contributed by atoms with Crippen molar-refractivity contribution in [1.82, 2.24) is 24.2 Å². The molecule has 186 valence electrons. The third-order valence-electron chi connectivity index (χ3n) is 7.74. The van der Waals surface area contributed by atoms with Gasteiger partial charge >= 0.3 is 0 Å². The summed E-state index contributed by atoms with van der Waals surface area (Å²) < 4.78 is 57.5. The zero-order valence-electron chi connectivity index (χ0n) is 19.5. The van der Waals surface area contributed by atoms with Gasteiger partial charge in [0.15, 0.2) is 10.0 Å². The minimum atomic E-state index is -3.83. The zero-order chi connectivity index (χ0) is 25.0. The molecule has 3 aromatic heterocycles. The number of alkyl halides is 2. The molecule has 35 heavy (non-hydrogen) atoms. The van der Waals surface area contributed by atoms with Crippen molar-refractivity contribution in [2.24, 2.45) is 5.41 Å². The van der Waals surface area contributed by atoms with Crippen LogP contribution in [0.4, 0.5) is 8.78 Å². The molecule has 12 heteroatoms. The van der Waals surface area contributed by atoms with Gasteiger partial charge in [0, 0.05) is 36.8 Å². The lowest BCUT2D eigenvalue weighted by atomic mass is 9.33. The van der Waals surface area contributed by atoms with E-state index in [9.17, 15) is 22.0 Å². The van der Waals surface area contributed by atoms with E-state index in [0.717, 1.165) is 35.3 Å². The first-order valence-corrected chi connectivity index (χ1v) is 13.7. The van der Waals surface area contributed by atoms with Gasteiger partial charge in [-0.15, -0.1) is 10.2 Å². The van der Waals surface area contributed by atoms with Crippen molar-refractivity contribution in [3.8, 4) is 10.7 Å². The van der Waals surface area contributed by atoms with E-state index in [4.69, 9.17) is 0 Å². The molecule has 3 aromatic rings. The topological polar surface area (TPSA) is 96.7 Å². The number of rotatable bonds is 7. The van der Waals surface area contributed by atoms with Crippen LogP contribution in [-0.4, -0.2) is 53.5 Å². The molecule has 0 atom stereocenters. The highest BCUT2D eigenvalue weighted by atomic mass is 32.2. The molecule has 8 nitrogen and oxygen atoms in total. The number of halogens is 2. The molecule has 3 heterocycles. The Bertz CT molecular complexity index is 1470. The van der Waals surface area contributed by atoms with Crippen LogP contribution >= 0.6 is 11.3 Å². The molecule has 0 radical (unpaired) electrons. The molecule has 7 rings (SSSR count). The van der Waals surface area contributed by atoms with Gasteiger partial charge in [-0.2, -0.15) is 0 Å². The van der Waals surface area contributed by atoms with Crippen molar-refractivity contribution >= 4 is 32.8 Å². The van der Waals surface area contributed by atoms with E-state index >= 15 is 0 Å². The fourth-order valence-corrected chi connectivity index (χ4v) is 8.02. The number of hydrogen-bond acceptors (Lipinski definition) is 6. The van der Waals surface area contributed by atoms with Gasteiger partial charge in [0.2, 0.25) is 15.9 Å². The number of carbonyl (C=O) groups is 1. The summed E-state index contributed by atoms with van der Waals surface area (Å²) in [5.41, 5.74) is 1.04. The molecule has 0 spiro atoms. The first-order valence-electron chi connectivity index (χ1n) is 11.4. The summed E-state index contributed by atoms with van der Waals surface area (Å²) in [7, 11) is -0.325. The van der Waals surface area contributed by atoms with Crippen LogP contribution in [0.1, 0.15) is 56.0 Å². The minimum absolute atomic E-state index is 0.104. The number of nitrogens with zero attached hydrogens (tertiary/aromatic N) is 4. The van der Waals surface area contributed by atoms with Crippen molar-refractivity contribution < 1.29 is 22.0 Å². The summed E-state index contributed by atoms with van der Waals surface area (Å²) in [6.07, 6.45) is 2.33. The molecule has 4 aliphatic carbocycles. The maximum absolute atomic E-state index is 13.3. The molecular formula is C23H25F2N5O3S2. The third-order valence-corrected chi connectivity index (χ3v) is 10.3. The first-order chi connectivity index (χ1) is 16.4. The Balaban J connectivity index is 1.47. The second-order valence-electron chi connectivity index (χ2n) is 10.8. The molecule has 1 N–H and O–H groups in total. The number of amides is 1. The number of carbonyl (C=O) groups excluding carboxylic acids is 1. The van der Waals surface area contributed by atoms with Crippen molar-refractivity contribution in [1.29, 1.82) is 0 Å². The van der Waals surface area contributed by atoms with Gasteiger partial charge in [-0.05, 0) is 62.8 Å². The minimum Gasteiger partial charge on any atom is -0.348 e. The molecule has 2 bridgehead atoms. The number of aromatic nitrogens is 3. The molecule has 0 saturated heterocycles. The van der Waals surface area contributed by atoms with Gasteiger partial charge in [-0.3, -0.25) is 4.79 Å². The van der Waals surface area contributed by atoms with Crippen LogP contribution in [0.3, 0.4) is 0 Å². The van der Waals surface area contributed by atoms with Crippen LogP contribution in [0.2, 0.25) is 0 Å². The fraction of sp³-hybridized carbons (Fsp3) is 0.522. The lowest BCUT2D eigenvalue weighted by molar-refractivity contribution is -0.184. The second-order valence-corrected chi connectivity index (χ2v) is 13.5. The maximum atomic E-state index is 13.3. The smallest absolute Gasteiger partial charge is 0.291 e. The molecule has 0 unspecified atom stereocenters. The highest BCUT2D eigenvalue weighted by Gasteiger charge is 2.72. The standard InChI is InChI=1S/C23H25F2N5O3S2/c1-21(6-7-21)28-35(32,33)13-8-14(22-10-23(11-22,12-22)20(31)29(2)3)15-4-5-16(30(15)9-13)18-26-27-19(34-18)17(24)25/h4-5,8-9,17,28H,6-7,10-12H2,1-3H3. The van der Waals surface area contributed by atoms with Gasteiger partial charge in [0.05, 0.1) is 16.0 Å². The molecule has 0 aliphatic heterocycles. The third kappa shape index (κ3) is 3.36. The maximum Gasteiger partial charge on any atom is 0.291 e. The first kappa shape index (κ1) is 23.0. The fourth-order valence-electron chi connectivity index (χ4n) is 5.81. The Morgan fingerprint density at radius 3 is 2.46 bits per heavy atom. The summed E-state index contributed by atoms with van der Waals surface area (Å²) in [6, 6.07) is 5.34. The average Bonchev–Trinajstić information content (AvgIpc) is 3.13. The van der Waals surface area contributed by atoms with E-state index in [1.807, 2.05) is 13.0 Å². The zero-order valence-corrected chi connectivity index (χ0v) is 21.1. The Morgan fingerprint density at radius 1 is 1.20 bits per heavy atom. The van der Waals surface area contributed by atoms with Crippen molar-refractivity contribution in [3.05, 3.63) is 35.0 Å². The van der Waals surface area contributed by atoms with Crippen LogP contribution in [0.25, 0.3) is 16.2 Å². The average molecular weight is 522 g/mol. The predicted molar refractivity (Wildman–Crippen MR) is 126 cm³/mol. The van der Waals surface area contributed by atoms with E-state index in [1.54, 1.807) is 35.5 Å². The van der Waals surface area contributed by atoms with Crippen molar-refractivity contribution in [2.45, 2.75) is 61.3 Å². The highest BCUT2D eigenvalue weighted by Crippen LogP contribution is 2.74. The number of pyridine rings is 1. The van der Waals surface area contributed by atoms with Crippen molar-refractivity contribution in [3.63, 3.8) is 0 Å². The van der Waals surface area contributed by atoms with Gasteiger partial charge in [0.25, 0.3) is 6.43 Å². The largest absolute Gasteiger partial charge is 0.348 e. The Hall–Kier alpha value is -2.44. The van der Waals surface area contributed by atoms with E-state index in [0.29, 0.717) is 30.0 Å². The quantitative estimate of drug-likeness (QED) is 0.511. The number of fused-ring (bicyclic) bond motifs is 1. The van der Waals surface area contributed by atoms with Gasteiger partial charge < -0.3 is 9.30 Å². The molecule has 1 amide bonds. The van der Waals surface area contributed by atoms with Crippen LogP contribution in [0.5, 0.6) is 0 Å². The van der Waals surface area contributed by atoms with E-state index in [-0.39, 0.29) is 26.6 Å². The lowest BCUT2D eigenvalue weighted by Crippen LogP contribution is -2.69. The van der Waals surface area contributed by atoms with Crippen LogP contribution in [-0.2, 0) is 20.2 Å². The van der Waals surface area contributed by atoms with Gasteiger partial charge in [0.1, 0.15) is 0 Å². The Kier molecular flexibility index (Phi) is 4.64. The van der Waals surface area contributed by atoms with Crippen LogP contribution in [0.15, 0.2) is 29.3 Å². The normalized spacial score (nSPS) is 26.5. The Morgan fingerprint density at radius 2 is 1.89 bits per heavy atom. The Labute approximate surface area is 205 Å². The molecule has 4 aliphatic rings. The molecule has 4 fully saturated rings. The van der Waals surface area contributed by atoms with Gasteiger partial charge in [-0.1, -0.05) is 11.3 Å². The molecular weight excluding hydrogens is 496 g/mol. The molecule has 4 saturated carbocycles. The SMILES string of the molecule is CN(C)C(=O)C12CC(c3cc(S(=O)(=O)NC4(C)CC4)cn4c(-c5nnc(C(F)F)s5)ccc34)(C1)C2. The summed E-state index contributed by atoms with van der Waals surface area (Å²) in [6.45, 7) is 1.87. The lowest BCUT2D eigenvalue weighted by Gasteiger charge is -2.70. The number of sulfonamides is 1.